The summed E-state index contributed by atoms with van der Waals surface area (Å²) in [5.74, 6) is 2.64. The van der Waals surface area contributed by atoms with Crippen LogP contribution >= 0.6 is 0 Å². The van der Waals surface area contributed by atoms with Crippen LogP contribution in [-0.4, -0.2) is 69.1 Å². The van der Waals surface area contributed by atoms with Crippen LogP contribution in [0.2, 0.25) is 0 Å². The molecule has 2 rings (SSSR count). The summed E-state index contributed by atoms with van der Waals surface area (Å²) in [6.45, 7) is 5.70. The Hall–Kier alpha value is -1.34. The van der Waals surface area contributed by atoms with Crippen LogP contribution in [0.5, 0.6) is 0 Å². The molecular formula is C17H27N3. The number of likely N-dealkylation sites (N-methyl/N-ethyl adjacent to an activating group) is 1. The summed E-state index contributed by atoms with van der Waals surface area (Å²) >= 11 is 0. The minimum Gasteiger partial charge on any atom is -0.312 e. The monoisotopic (exact) mass is 273 g/mol. The molecule has 3 nitrogen and oxygen atoms in total. The fourth-order valence-electron chi connectivity index (χ4n) is 1.97. The van der Waals surface area contributed by atoms with Gasteiger partial charge in [-0.1, -0.05) is 18.1 Å². The molecule has 0 unspecified atom stereocenters. The highest BCUT2D eigenvalue weighted by Crippen LogP contribution is 2.09. The lowest BCUT2D eigenvalue weighted by molar-refractivity contribution is 0.148. The maximum Gasteiger partial charge on any atom is 0.0242 e. The lowest BCUT2D eigenvalue weighted by Gasteiger charge is -2.32. The first kappa shape index (κ1) is 16.7. The maximum absolute atomic E-state index is 5.33. The number of rotatable bonds is 2. The van der Waals surface area contributed by atoms with Crippen LogP contribution in [0.1, 0.15) is 11.1 Å². The minimum atomic E-state index is 0.960. The molecule has 1 aromatic carbocycles. The van der Waals surface area contributed by atoms with Gasteiger partial charge in [0.15, 0.2) is 0 Å². The Labute approximate surface area is 124 Å². The molecule has 20 heavy (non-hydrogen) atoms. The molecule has 1 aromatic rings. The zero-order chi connectivity index (χ0) is 15.0. The van der Waals surface area contributed by atoms with Crippen molar-refractivity contribution in [2.75, 3.05) is 54.4 Å². The SMILES string of the molecule is C#Cc1ccc(CN2CCN(C)CC2)cc1.CN(C)C. The van der Waals surface area contributed by atoms with Crippen molar-refractivity contribution in [2.24, 2.45) is 0 Å². The van der Waals surface area contributed by atoms with Gasteiger partial charge in [-0.15, -0.1) is 6.42 Å². The van der Waals surface area contributed by atoms with E-state index in [-0.39, 0.29) is 0 Å². The van der Waals surface area contributed by atoms with E-state index in [4.69, 9.17) is 6.42 Å². The molecule has 110 valence electrons. The van der Waals surface area contributed by atoms with E-state index in [2.05, 4.69) is 34.9 Å². The summed E-state index contributed by atoms with van der Waals surface area (Å²) in [7, 11) is 8.18. The lowest BCUT2D eigenvalue weighted by atomic mass is 10.1. The normalized spacial score (nSPS) is 16.4. The number of terminal acetylenes is 1. The van der Waals surface area contributed by atoms with Crippen molar-refractivity contribution in [2.45, 2.75) is 6.54 Å². The topological polar surface area (TPSA) is 9.72 Å². The molecule has 1 saturated heterocycles. The van der Waals surface area contributed by atoms with Gasteiger partial charge in [0.25, 0.3) is 0 Å². The first-order chi connectivity index (χ1) is 9.51. The molecule has 1 heterocycles. The van der Waals surface area contributed by atoms with Gasteiger partial charge >= 0.3 is 0 Å². The third-order valence-corrected chi connectivity index (χ3v) is 3.12. The zero-order valence-corrected chi connectivity index (χ0v) is 13.3. The van der Waals surface area contributed by atoms with Gasteiger partial charge in [0.1, 0.15) is 0 Å². The molecule has 0 bridgehead atoms. The fraction of sp³-hybridized carbons (Fsp3) is 0.529. The summed E-state index contributed by atoms with van der Waals surface area (Å²) in [6.07, 6.45) is 5.33. The molecule has 0 saturated carbocycles. The molecule has 0 aromatic heterocycles. The Bertz CT molecular complexity index is 406. The highest BCUT2D eigenvalue weighted by molar-refractivity contribution is 5.34. The second kappa shape index (κ2) is 8.76. The highest BCUT2D eigenvalue weighted by Gasteiger charge is 2.13. The summed E-state index contributed by atoms with van der Waals surface area (Å²) in [5.41, 5.74) is 2.31. The van der Waals surface area contributed by atoms with E-state index in [1.54, 1.807) is 0 Å². The molecule has 1 aliphatic rings. The summed E-state index contributed by atoms with van der Waals surface area (Å²) in [5, 5.41) is 0. The molecule has 0 atom stereocenters. The van der Waals surface area contributed by atoms with Gasteiger partial charge in [-0.25, -0.2) is 0 Å². The van der Waals surface area contributed by atoms with Gasteiger partial charge in [-0.3, -0.25) is 4.90 Å². The third kappa shape index (κ3) is 6.72. The first-order valence-corrected chi connectivity index (χ1v) is 7.08. The van der Waals surface area contributed by atoms with Crippen LogP contribution in [0.3, 0.4) is 0 Å². The van der Waals surface area contributed by atoms with Crippen LogP contribution in [0.15, 0.2) is 24.3 Å². The van der Waals surface area contributed by atoms with E-state index in [1.165, 1.54) is 18.7 Å². The predicted octanol–water partition coefficient (Wildman–Crippen LogP) is 1.59. The molecular weight excluding hydrogens is 246 g/mol. The van der Waals surface area contributed by atoms with E-state index < -0.39 is 0 Å². The lowest BCUT2D eigenvalue weighted by Crippen LogP contribution is -2.43. The number of hydrogen-bond acceptors (Lipinski definition) is 3. The van der Waals surface area contributed by atoms with Crippen molar-refractivity contribution in [1.29, 1.82) is 0 Å². The Morgan fingerprint density at radius 1 is 1.05 bits per heavy atom. The van der Waals surface area contributed by atoms with Crippen molar-refractivity contribution in [1.82, 2.24) is 14.7 Å². The highest BCUT2D eigenvalue weighted by atomic mass is 15.2. The molecule has 0 radical (unpaired) electrons. The van der Waals surface area contributed by atoms with Crippen LogP contribution in [0, 0.1) is 12.3 Å². The Balaban J connectivity index is 0.000000444. The molecule has 3 heteroatoms. The molecule has 0 spiro atoms. The van der Waals surface area contributed by atoms with Crippen molar-refractivity contribution < 1.29 is 0 Å². The smallest absolute Gasteiger partial charge is 0.0242 e. The second-order valence-electron chi connectivity index (χ2n) is 5.76. The van der Waals surface area contributed by atoms with Crippen LogP contribution in [0.25, 0.3) is 0 Å². The fourth-order valence-corrected chi connectivity index (χ4v) is 1.97. The number of hydrogen-bond donors (Lipinski definition) is 0. The Morgan fingerprint density at radius 2 is 1.55 bits per heavy atom. The molecule has 0 N–H and O–H groups in total. The summed E-state index contributed by atoms with van der Waals surface area (Å²) < 4.78 is 0. The number of piperazine rings is 1. The van der Waals surface area contributed by atoms with Gasteiger partial charge < -0.3 is 9.80 Å². The molecule has 1 aliphatic heterocycles. The van der Waals surface area contributed by atoms with Gasteiger partial charge in [-0.05, 0) is 45.9 Å². The number of nitrogens with zero attached hydrogens (tertiary/aromatic N) is 3. The van der Waals surface area contributed by atoms with Crippen LogP contribution in [0.4, 0.5) is 0 Å². The second-order valence-corrected chi connectivity index (χ2v) is 5.76. The minimum absolute atomic E-state index is 0.960. The van der Waals surface area contributed by atoms with E-state index >= 15 is 0 Å². The van der Waals surface area contributed by atoms with E-state index in [9.17, 15) is 0 Å². The van der Waals surface area contributed by atoms with Gasteiger partial charge in [0.05, 0.1) is 0 Å². The Morgan fingerprint density at radius 3 is 2.00 bits per heavy atom. The van der Waals surface area contributed by atoms with E-state index in [1.807, 2.05) is 38.2 Å². The molecule has 0 amide bonds. The van der Waals surface area contributed by atoms with Crippen LogP contribution in [-0.2, 0) is 6.54 Å². The summed E-state index contributed by atoms with van der Waals surface area (Å²) in [4.78, 5) is 6.86. The maximum atomic E-state index is 5.33. The predicted molar refractivity (Wildman–Crippen MR) is 86.8 cm³/mol. The van der Waals surface area contributed by atoms with E-state index in [0.717, 1.165) is 25.2 Å². The number of benzene rings is 1. The Kier molecular flexibility index (Phi) is 7.32. The van der Waals surface area contributed by atoms with Crippen molar-refractivity contribution >= 4 is 0 Å². The molecule has 0 aliphatic carbocycles. The van der Waals surface area contributed by atoms with Crippen LogP contribution < -0.4 is 0 Å². The zero-order valence-electron chi connectivity index (χ0n) is 13.3. The summed E-state index contributed by atoms with van der Waals surface area (Å²) in [6, 6.07) is 8.30. The third-order valence-electron chi connectivity index (χ3n) is 3.12. The first-order valence-electron chi connectivity index (χ1n) is 7.08. The van der Waals surface area contributed by atoms with Crippen molar-refractivity contribution in [3.63, 3.8) is 0 Å². The average Bonchev–Trinajstić information content (AvgIpc) is 2.42. The van der Waals surface area contributed by atoms with Gasteiger partial charge in [-0.2, -0.15) is 0 Å². The average molecular weight is 273 g/mol. The molecule has 1 fully saturated rings. The largest absolute Gasteiger partial charge is 0.312 e. The van der Waals surface area contributed by atoms with Crippen molar-refractivity contribution in [3.8, 4) is 12.3 Å². The standard InChI is InChI=1S/C14H18N2.C3H9N/c1-3-13-4-6-14(7-5-13)12-16-10-8-15(2)9-11-16;1-4(2)3/h1,4-7H,8-12H2,2H3;1-3H3. The van der Waals surface area contributed by atoms with Gasteiger partial charge in [0, 0.05) is 38.3 Å². The van der Waals surface area contributed by atoms with E-state index in [0.29, 0.717) is 0 Å². The van der Waals surface area contributed by atoms with Gasteiger partial charge in [0.2, 0.25) is 0 Å². The quantitative estimate of drug-likeness (QED) is 0.758. The van der Waals surface area contributed by atoms with Crippen molar-refractivity contribution in [3.05, 3.63) is 35.4 Å².